The molecule has 1 heterocycles. The number of hydrogen-bond acceptors (Lipinski definition) is 3. The molecule has 0 fully saturated rings. The number of pyridine rings is 1. The summed E-state index contributed by atoms with van der Waals surface area (Å²) in [7, 11) is 2.10. The van der Waals surface area contributed by atoms with Crippen LogP contribution in [0.3, 0.4) is 0 Å². The first-order chi connectivity index (χ1) is 7.43. The molecule has 16 heavy (non-hydrogen) atoms. The molecule has 1 unspecified atom stereocenters. The SMILES string of the molecule is CC(C)C(C)N(C)c1ccc([C@H](C)N)nc1. The Bertz CT molecular complexity index is 316. The van der Waals surface area contributed by atoms with E-state index in [1.807, 2.05) is 19.2 Å². The molecular formula is C13H23N3. The lowest BCUT2D eigenvalue weighted by molar-refractivity contribution is 0.505. The fourth-order valence-electron chi connectivity index (χ4n) is 1.56. The van der Waals surface area contributed by atoms with E-state index in [9.17, 15) is 0 Å². The van der Waals surface area contributed by atoms with Crippen LogP contribution >= 0.6 is 0 Å². The highest BCUT2D eigenvalue weighted by Gasteiger charge is 2.14. The summed E-state index contributed by atoms with van der Waals surface area (Å²) in [5, 5.41) is 0. The van der Waals surface area contributed by atoms with E-state index in [0.717, 1.165) is 11.4 Å². The van der Waals surface area contributed by atoms with Gasteiger partial charge in [0.05, 0.1) is 17.6 Å². The summed E-state index contributed by atoms with van der Waals surface area (Å²) in [6.45, 7) is 8.63. The van der Waals surface area contributed by atoms with Crippen molar-refractivity contribution in [2.24, 2.45) is 11.7 Å². The van der Waals surface area contributed by atoms with Crippen molar-refractivity contribution >= 4 is 5.69 Å². The fourth-order valence-corrected chi connectivity index (χ4v) is 1.56. The van der Waals surface area contributed by atoms with E-state index in [1.165, 1.54) is 0 Å². The predicted octanol–water partition coefficient (Wildman–Crippen LogP) is 2.58. The molecule has 0 amide bonds. The van der Waals surface area contributed by atoms with Crippen LogP contribution in [-0.4, -0.2) is 18.1 Å². The number of aromatic nitrogens is 1. The Labute approximate surface area is 98.7 Å². The third kappa shape index (κ3) is 2.95. The van der Waals surface area contributed by atoms with Crippen molar-refractivity contribution in [3.05, 3.63) is 24.0 Å². The highest BCUT2D eigenvalue weighted by Crippen LogP contribution is 2.19. The van der Waals surface area contributed by atoms with E-state index in [0.29, 0.717) is 12.0 Å². The molecule has 3 nitrogen and oxygen atoms in total. The Hall–Kier alpha value is -1.09. The minimum Gasteiger partial charge on any atom is -0.370 e. The van der Waals surface area contributed by atoms with Gasteiger partial charge in [-0.2, -0.15) is 0 Å². The second-order valence-electron chi connectivity index (χ2n) is 4.83. The smallest absolute Gasteiger partial charge is 0.0569 e. The van der Waals surface area contributed by atoms with Gasteiger partial charge in [0, 0.05) is 19.1 Å². The quantitative estimate of drug-likeness (QED) is 0.849. The molecule has 2 N–H and O–H groups in total. The van der Waals surface area contributed by atoms with Crippen LogP contribution in [0.25, 0.3) is 0 Å². The summed E-state index contributed by atoms with van der Waals surface area (Å²) in [4.78, 5) is 6.63. The Morgan fingerprint density at radius 3 is 2.19 bits per heavy atom. The Balaban J connectivity index is 2.81. The van der Waals surface area contributed by atoms with Crippen molar-refractivity contribution in [3.8, 4) is 0 Å². The molecule has 0 bridgehead atoms. The van der Waals surface area contributed by atoms with E-state index in [2.05, 4.69) is 43.8 Å². The Kier molecular flexibility index (Phi) is 4.30. The van der Waals surface area contributed by atoms with Crippen molar-refractivity contribution in [3.63, 3.8) is 0 Å². The van der Waals surface area contributed by atoms with E-state index in [-0.39, 0.29) is 6.04 Å². The summed E-state index contributed by atoms with van der Waals surface area (Å²) in [5.41, 5.74) is 7.86. The summed E-state index contributed by atoms with van der Waals surface area (Å²) >= 11 is 0. The first kappa shape index (κ1) is 13.0. The average Bonchev–Trinajstić information content (AvgIpc) is 2.27. The zero-order valence-electron chi connectivity index (χ0n) is 10.9. The maximum atomic E-state index is 5.77. The van der Waals surface area contributed by atoms with Crippen LogP contribution in [0.4, 0.5) is 5.69 Å². The molecule has 1 aromatic heterocycles. The summed E-state index contributed by atoms with van der Waals surface area (Å²) < 4.78 is 0. The van der Waals surface area contributed by atoms with Gasteiger partial charge in [0.15, 0.2) is 0 Å². The van der Waals surface area contributed by atoms with Gasteiger partial charge >= 0.3 is 0 Å². The molecule has 90 valence electrons. The minimum absolute atomic E-state index is 0.00174. The van der Waals surface area contributed by atoms with Gasteiger partial charge in [-0.25, -0.2) is 0 Å². The van der Waals surface area contributed by atoms with Crippen LogP contribution in [-0.2, 0) is 0 Å². The van der Waals surface area contributed by atoms with Crippen LogP contribution < -0.4 is 10.6 Å². The lowest BCUT2D eigenvalue weighted by atomic mass is 10.0. The van der Waals surface area contributed by atoms with Crippen molar-refractivity contribution in [2.45, 2.75) is 39.8 Å². The molecule has 0 saturated carbocycles. The molecule has 0 aromatic carbocycles. The summed E-state index contributed by atoms with van der Waals surface area (Å²) in [5.74, 6) is 0.623. The van der Waals surface area contributed by atoms with Crippen molar-refractivity contribution in [1.29, 1.82) is 0 Å². The maximum absolute atomic E-state index is 5.77. The molecule has 3 heteroatoms. The monoisotopic (exact) mass is 221 g/mol. The van der Waals surface area contributed by atoms with Crippen LogP contribution in [0.15, 0.2) is 18.3 Å². The van der Waals surface area contributed by atoms with Crippen molar-refractivity contribution < 1.29 is 0 Å². The summed E-state index contributed by atoms with van der Waals surface area (Å²) in [6.07, 6.45) is 1.90. The zero-order chi connectivity index (χ0) is 12.3. The summed E-state index contributed by atoms with van der Waals surface area (Å²) in [6, 6.07) is 4.60. The second kappa shape index (κ2) is 5.30. The zero-order valence-corrected chi connectivity index (χ0v) is 10.9. The third-order valence-electron chi connectivity index (χ3n) is 3.22. The molecule has 1 rings (SSSR count). The van der Waals surface area contributed by atoms with Gasteiger partial charge in [-0.15, -0.1) is 0 Å². The third-order valence-corrected chi connectivity index (χ3v) is 3.22. The molecule has 0 saturated heterocycles. The molecule has 1 aromatic rings. The van der Waals surface area contributed by atoms with Crippen LogP contribution in [0.5, 0.6) is 0 Å². The molecule has 0 aliphatic carbocycles. The van der Waals surface area contributed by atoms with Crippen molar-refractivity contribution in [1.82, 2.24) is 4.98 Å². The maximum Gasteiger partial charge on any atom is 0.0569 e. The number of hydrogen-bond donors (Lipinski definition) is 1. The molecule has 0 aliphatic heterocycles. The Morgan fingerprint density at radius 2 is 1.81 bits per heavy atom. The van der Waals surface area contributed by atoms with Crippen LogP contribution in [0, 0.1) is 5.92 Å². The topological polar surface area (TPSA) is 42.1 Å². The fraction of sp³-hybridized carbons (Fsp3) is 0.615. The molecular weight excluding hydrogens is 198 g/mol. The van der Waals surface area contributed by atoms with Gasteiger partial charge in [0.25, 0.3) is 0 Å². The molecule has 0 spiro atoms. The Morgan fingerprint density at radius 1 is 1.19 bits per heavy atom. The molecule has 0 radical (unpaired) electrons. The van der Waals surface area contributed by atoms with Gasteiger partial charge in [-0.1, -0.05) is 13.8 Å². The second-order valence-corrected chi connectivity index (χ2v) is 4.83. The number of nitrogens with zero attached hydrogens (tertiary/aromatic N) is 2. The first-order valence-electron chi connectivity index (χ1n) is 5.87. The minimum atomic E-state index is 0.00174. The van der Waals surface area contributed by atoms with Crippen LogP contribution in [0.1, 0.15) is 39.4 Å². The lowest BCUT2D eigenvalue weighted by Gasteiger charge is -2.29. The van der Waals surface area contributed by atoms with Crippen molar-refractivity contribution in [2.75, 3.05) is 11.9 Å². The van der Waals surface area contributed by atoms with Gasteiger partial charge in [-0.05, 0) is 31.9 Å². The van der Waals surface area contributed by atoms with Gasteiger partial charge in [0.2, 0.25) is 0 Å². The van der Waals surface area contributed by atoms with E-state index in [4.69, 9.17) is 5.73 Å². The van der Waals surface area contributed by atoms with Gasteiger partial charge < -0.3 is 10.6 Å². The molecule has 0 aliphatic rings. The standard InChI is InChI=1S/C13H23N3/c1-9(2)11(4)16(5)12-6-7-13(10(3)14)15-8-12/h6-11H,14H2,1-5H3/t10-,11?/m0/s1. The van der Waals surface area contributed by atoms with Gasteiger partial charge in [-0.3, -0.25) is 4.98 Å². The lowest BCUT2D eigenvalue weighted by Crippen LogP contribution is -2.33. The van der Waals surface area contributed by atoms with E-state index >= 15 is 0 Å². The number of rotatable bonds is 4. The first-order valence-corrected chi connectivity index (χ1v) is 5.87. The largest absolute Gasteiger partial charge is 0.370 e. The number of anilines is 1. The van der Waals surface area contributed by atoms with E-state index in [1.54, 1.807) is 0 Å². The predicted molar refractivity (Wildman–Crippen MR) is 69.5 cm³/mol. The van der Waals surface area contributed by atoms with Crippen LogP contribution in [0.2, 0.25) is 0 Å². The molecule has 2 atom stereocenters. The normalized spacial score (nSPS) is 14.9. The van der Waals surface area contributed by atoms with E-state index < -0.39 is 0 Å². The van der Waals surface area contributed by atoms with Gasteiger partial charge in [0.1, 0.15) is 0 Å². The average molecular weight is 221 g/mol. The number of nitrogens with two attached hydrogens (primary N) is 1. The highest BCUT2D eigenvalue weighted by atomic mass is 15.1. The highest BCUT2D eigenvalue weighted by molar-refractivity contribution is 5.44.